The van der Waals surface area contributed by atoms with E-state index < -0.39 is 10.2 Å². The second kappa shape index (κ2) is 5.27. The lowest BCUT2D eigenvalue weighted by atomic mass is 9.82. The van der Waals surface area contributed by atoms with E-state index in [0.29, 0.717) is 6.61 Å². The molecule has 1 aliphatic carbocycles. The molecule has 7 heteroatoms. The monoisotopic (exact) mass is 273 g/mol. The fraction of sp³-hybridized carbons (Fsp3) is 0.727. The summed E-state index contributed by atoms with van der Waals surface area (Å²) >= 11 is 0. The number of allylic oxidation sites excluding steroid dienone is 1. The molecule has 0 radical (unpaired) electrons. The molecule has 18 heavy (non-hydrogen) atoms. The fourth-order valence-electron chi connectivity index (χ4n) is 2.64. The molecule has 0 fully saturated rings. The van der Waals surface area contributed by atoms with Crippen molar-refractivity contribution in [3.63, 3.8) is 0 Å². The molecular weight excluding hydrogens is 254 g/mol. The van der Waals surface area contributed by atoms with Crippen LogP contribution in [0.3, 0.4) is 0 Å². The van der Waals surface area contributed by atoms with Crippen molar-refractivity contribution in [2.75, 3.05) is 13.7 Å². The summed E-state index contributed by atoms with van der Waals surface area (Å²) < 4.78 is 34.0. The molecule has 0 spiro atoms. The van der Waals surface area contributed by atoms with Crippen molar-refractivity contribution in [3.05, 3.63) is 11.3 Å². The topological polar surface area (TPSA) is 93.8 Å². The summed E-state index contributed by atoms with van der Waals surface area (Å²) in [7, 11) is -1.94. The first-order valence-corrected chi connectivity index (χ1v) is 7.58. The summed E-state index contributed by atoms with van der Waals surface area (Å²) in [5.41, 5.74) is 7.43. The number of hydrogen-bond acceptors (Lipinski definition) is 4. The summed E-state index contributed by atoms with van der Waals surface area (Å²) in [6.45, 7) is 0.710. The Balaban J connectivity index is 2.18. The van der Waals surface area contributed by atoms with Crippen molar-refractivity contribution in [2.24, 2.45) is 16.0 Å². The largest absolute Gasteiger partial charge is 0.385 e. The lowest BCUT2D eigenvalue weighted by Gasteiger charge is -2.30. The molecule has 1 atom stereocenters. The van der Waals surface area contributed by atoms with E-state index >= 15 is 0 Å². The lowest BCUT2D eigenvalue weighted by Crippen LogP contribution is -2.38. The minimum Gasteiger partial charge on any atom is -0.385 e. The predicted molar refractivity (Wildman–Crippen MR) is 69.2 cm³/mol. The Morgan fingerprint density at radius 3 is 3.06 bits per heavy atom. The summed E-state index contributed by atoms with van der Waals surface area (Å²) in [5.74, 6) is 0.446. The quantitative estimate of drug-likeness (QED) is 0.736. The van der Waals surface area contributed by atoms with Gasteiger partial charge in [0, 0.05) is 25.0 Å². The highest BCUT2D eigenvalue weighted by molar-refractivity contribution is 7.88. The molecule has 0 bridgehead atoms. The number of amidine groups is 1. The van der Waals surface area contributed by atoms with Gasteiger partial charge in [0.15, 0.2) is 0 Å². The fourth-order valence-corrected chi connectivity index (χ4v) is 3.57. The number of nitrogens with one attached hydrogen (secondary N) is 1. The number of rotatable bonds is 4. The second-order valence-corrected chi connectivity index (χ2v) is 6.01. The van der Waals surface area contributed by atoms with Gasteiger partial charge in [-0.15, -0.1) is 4.40 Å². The molecule has 0 aromatic carbocycles. The first-order valence-electron chi connectivity index (χ1n) is 6.14. The van der Waals surface area contributed by atoms with Crippen LogP contribution in [0.4, 0.5) is 0 Å². The van der Waals surface area contributed by atoms with Crippen molar-refractivity contribution in [3.8, 4) is 0 Å². The van der Waals surface area contributed by atoms with E-state index in [4.69, 9.17) is 10.5 Å². The maximum atomic E-state index is 11.5. The zero-order valence-electron chi connectivity index (χ0n) is 10.5. The summed E-state index contributed by atoms with van der Waals surface area (Å²) in [4.78, 5) is 0. The predicted octanol–water partition coefficient (Wildman–Crippen LogP) is 0.672. The van der Waals surface area contributed by atoms with Crippen molar-refractivity contribution in [1.29, 1.82) is 0 Å². The van der Waals surface area contributed by atoms with Gasteiger partial charge in [-0.2, -0.15) is 8.42 Å². The van der Waals surface area contributed by atoms with Gasteiger partial charge in [0.1, 0.15) is 5.84 Å². The molecule has 2 aliphatic rings. The first kappa shape index (κ1) is 13.4. The van der Waals surface area contributed by atoms with Gasteiger partial charge in [0.25, 0.3) is 0 Å². The van der Waals surface area contributed by atoms with Crippen molar-refractivity contribution in [1.82, 2.24) is 4.72 Å². The van der Waals surface area contributed by atoms with Crippen LogP contribution >= 0.6 is 0 Å². The van der Waals surface area contributed by atoms with E-state index in [1.54, 1.807) is 7.11 Å². The highest BCUT2D eigenvalue weighted by atomic mass is 32.2. The molecule has 3 N–H and O–H groups in total. The molecule has 0 aromatic heterocycles. The number of nitrogens with zero attached hydrogens (tertiary/aromatic N) is 1. The van der Waals surface area contributed by atoms with Crippen molar-refractivity contribution < 1.29 is 13.2 Å². The van der Waals surface area contributed by atoms with Crippen LogP contribution in [0, 0.1) is 5.92 Å². The van der Waals surface area contributed by atoms with Gasteiger partial charge >= 0.3 is 10.2 Å². The van der Waals surface area contributed by atoms with Crippen LogP contribution in [0.5, 0.6) is 0 Å². The standard InChI is InChI=1S/C11H19N3O3S/c1-17-7-3-5-8-4-2-6-9-10(8)11(12)14-18(15,16)13-9/h8,13H,2-7H2,1H3,(H2,12,14). The highest BCUT2D eigenvalue weighted by Gasteiger charge is 2.31. The van der Waals surface area contributed by atoms with Crippen LogP contribution in [0.1, 0.15) is 32.1 Å². The molecular formula is C11H19N3O3S. The Kier molecular flexibility index (Phi) is 3.91. The Hall–Kier alpha value is -1.08. The Morgan fingerprint density at radius 2 is 2.33 bits per heavy atom. The van der Waals surface area contributed by atoms with E-state index in [0.717, 1.165) is 43.4 Å². The van der Waals surface area contributed by atoms with Gasteiger partial charge in [0.2, 0.25) is 0 Å². The lowest BCUT2D eigenvalue weighted by molar-refractivity contribution is 0.187. The summed E-state index contributed by atoms with van der Waals surface area (Å²) in [6.07, 6.45) is 4.63. The summed E-state index contributed by atoms with van der Waals surface area (Å²) in [6, 6.07) is 0. The van der Waals surface area contributed by atoms with Gasteiger partial charge in [0.05, 0.1) is 0 Å². The van der Waals surface area contributed by atoms with Gasteiger partial charge < -0.3 is 10.5 Å². The molecule has 0 saturated carbocycles. The van der Waals surface area contributed by atoms with Crippen LogP contribution in [-0.2, 0) is 14.9 Å². The maximum absolute atomic E-state index is 11.5. The van der Waals surface area contributed by atoms with E-state index in [9.17, 15) is 8.42 Å². The molecule has 0 saturated heterocycles. The van der Waals surface area contributed by atoms with Crippen molar-refractivity contribution in [2.45, 2.75) is 32.1 Å². The second-order valence-electron chi connectivity index (χ2n) is 4.67. The third-order valence-corrected chi connectivity index (χ3v) is 4.30. The molecule has 2 rings (SSSR count). The molecule has 0 aromatic rings. The van der Waals surface area contributed by atoms with Crippen LogP contribution in [0.25, 0.3) is 0 Å². The van der Waals surface area contributed by atoms with Crippen LogP contribution in [-0.4, -0.2) is 28.0 Å². The van der Waals surface area contributed by atoms with E-state index in [2.05, 4.69) is 9.12 Å². The first-order chi connectivity index (χ1) is 8.53. The molecule has 1 aliphatic heterocycles. The highest BCUT2D eigenvalue weighted by Crippen LogP contribution is 2.34. The average molecular weight is 273 g/mol. The van der Waals surface area contributed by atoms with E-state index in [1.807, 2.05) is 0 Å². The Labute approximate surface area is 107 Å². The van der Waals surface area contributed by atoms with Crippen LogP contribution in [0.2, 0.25) is 0 Å². The van der Waals surface area contributed by atoms with E-state index in [1.165, 1.54) is 0 Å². The number of nitrogens with two attached hydrogens (primary N) is 1. The summed E-state index contributed by atoms with van der Waals surface area (Å²) in [5, 5.41) is 0. The number of hydrogen-bond donors (Lipinski definition) is 2. The normalized spacial score (nSPS) is 26.3. The molecule has 1 heterocycles. The van der Waals surface area contributed by atoms with Crippen molar-refractivity contribution >= 4 is 16.0 Å². The maximum Gasteiger partial charge on any atom is 0.343 e. The molecule has 0 amide bonds. The smallest absolute Gasteiger partial charge is 0.343 e. The van der Waals surface area contributed by atoms with Gasteiger partial charge in [-0.05, 0) is 38.0 Å². The SMILES string of the molecule is COCCCC1CCCC2=C1C(N)=NS(=O)(=O)N2. The van der Waals surface area contributed by atoms with Gasteiger partial charge in [-0.3, -0.25) is 4.72 Å². The van der Waals surface area contributed by atoms with Gasteiger partial charge in [-0.25, -0.2) is 0 Å². The molecule has 1 unspecified atom stereocenters. The number of methoxy groups -OCH3 is 1. The zero-order valence-corrected chi connectivity index (χ0v) is 11.3. The minimum atomic E-state index is -3.62. The Bertz CT molecular complexity index is 482. The third kappa shape index (κ3) is 2.84. The molecule has 6 nitrogen and oxygen atoms in total. The molecule has 102 valence electrons. The van der Waals surface area contributed by atoms with Gasteiger partial charge in [-0.1, -0.05) is 0 Å². The average Bonchev–Trinajstić information content (AvgIpc) is 2.27. The third-order valence-electron chi connectivity index (χ3n) is 3.36. The van der Waals surface area contributed by atoms with E-state index in [-0.39, 0.29) is 11.8 Å². The van der Waals surface area contributed by atoms with Crippen LogP contribution < -0.4 is 10.5 Å². The number of ether oxygens (including phenoxy) is 1. The minimum absolute atomic E-state index is 0.158. The Morgan fingerprint density at radius 1 is 1.56 bits per heavy atom. The zero-order chi connectivity index (χ0) is 13.2. The van der Waals surface area contributed by atoms with Crippen LogP contribution in [0.15, 0.2) is 15.7 Å².